The molecule has 5 nitrogen and oxygen atoms in total. The van der Waals surface area contributed by atoms with E-state index >= 15 is 0 Å². The predicted molar refractivity (Wildman–Crippen MR) is 140 cm³/mol. The average Bonchev–Trinajstić information content (AvgIpc) is 2.88. The van der Waals surface area contributed by atoms with Crippen molar-refractivity contribution in [3.63, 3.8) is 0 Å². The van der Waals surface area contributed by atoms with Crippen LogP contribution in [0.4, 0.5) is 0 Å². The van der Waals surface area contributed by atoms with Crippen molar-refractivity contribution in [2.24, 2.45) is 0 Å². The molecule has 35 heavy (non-hydrogen) atoms. The first-order chi connectivity index (χ1) is 17.0. The van der Waals surface area contributed by atoms with Gasteiger partial charge in [-0.2, -0.15) is 0 Å². The minimum Gasteiger partial charge on any atom is -0.483 e. The van der Waals surface area contributed by atoms with Gasteiger partial charge in [-0.05, 0) is 48.6 Å². The highest BCUT2D eigenvalue weighted by atomic mass is 16.5. The summed E-state index contributed by atoms with van der Waals surface area (Å²) in [6.45, 7) is 6.87. The molecule has 1 N–H and O–H groups in total. The molecule has 0 heterocycles. The predicted octanol–water partition coefficient (Wildman–Crippen LogP) is 5.24. The van der Waals surface area contributed by atoms with E-state index in [2.05, 4.69) is 12.2 Å². The second-order valence-electron chi connectivity index (χ2n) is 8.84. The Morgan fingerprint density at radius 3 is 2.20 bits per heavy atom. The standard InChI is InChI=1S/C30H36N2O3/c1-4-5-19-31-30(34)27(20-25-14-8-6-9-15-25)32(21-26-16-10-7-11-17-26)29(33)22-35-28-18-12-13-23(2)24(28)3/h6-18,27H,4-5,19-22H2,1-3H3,(H,31,34)/t27-/m0/s1. The Balaban J connectivity index is 1.88. The lowest BCUT2D eigenvalue weighted by atomic mass is 10.0. The number of nitrogens with zero attached hydrogens (tertiary/aromatic N) is 1. The first kappa shape index (κ1) is 26.0. The number of amides is 2. The van der Waals surface area contributed by atoms with Crippen molar-refractivity contribution in [2.75, 3.05) is 13.2 Å². The fraction of sp³-hybridized carbons (Fsp3) is 0.333. The van der Waals surface area contributed by atoms with E-state index in [0.717, 1.165) is 35.1 Å². The highest BCUT2D eigenvalue weighted by Gasteiger charge is 2.30. The molecule has 2 amide bonds. The van der Waals surface area contributed by atoms with Crippen molar-refractivity contribution >= 4 is 11.8 Å². The third-order valence-electron chi connectivity index (χ3n) is 6.20. The fourth-order valence-corrected chi connectivity index (χ4v) is 3.94. The summed E-state index contributed by atoms with van der Waals surface area (Å²) in [6.07, 6.45) is 2.31. The molecule has 0 spiro atoms. The number of nitrogens with one attached hydrogen (secondary N) is 1. The molecular weight excluding hydrogens is 436 g/mol. The van der Waals surface area contributed by atoms with E-state index < -0.39 is 6.04 Å². The van der Waals surface area contributed by atoms with E-state index in [1.807, 2.05) is 92.7 Å². The van der Waals surface area contributed by atoms with Crippen LogP contribution in [0.3, 0.4) is 0 Å². The summed E-state index contributed by atoms with van der Waals surface area (Å²) in [5, 5.41) is 3.04. The second kappa shape index (κ2) is 13.3. The summed E-state index contributed by atoms with van der Waals surface area (Å²) in [7, 11) is 0. The Labute approximate surface area is 209 Å². The fourth-order valence-electron chi connectivity index (χ4n) is 3.94. The lowest BCUT2D eigenvalue weighted by molar-refractivity contribution is -0.142. The Bertz CT molecular complexity index is 1080. The molecule has 0 aromatic heterocycles. The monoisotopic (exact) mass is 472 g/mol. The summed E-state index contributed by atoms with van der Waals surface area (Å²) in [4.78, 5) is 28.7. The van der Waals surface area contributed by atoms with Crippen LogP contribution in [-0.2, 0) is 22.6 Å². The van der Waals surface area contributed by atoms with Gasteiger partial charge in [0, 0.05) is 19.5 Å². The van der Waals surface area contributed by atoms with Crippen LogP contribution < -0.4 is 10.1 Å². The highest BCUT2D eigenvalue weighted by molar-refractivity contribution is 5.88. The Kier molecular flexibility index (Phi) is 9.91. The lowest BCUT2D eigenvalue weighted by Gasteiger charge is -2.31. The van der Waals surface area contributed by atoms with Crippen molar-refractivity contribution in [2.45, 2.75) is 52.6 Å². The molecule has 0 fully saturated rings. The van der Waals surface area contributed by atoms with Crippen LogP contribution in [0.25, 0.3) is 0 Å². The van der Waals surface area contributed by atoms with Gasteiger partial charge < -0.3 is 15.0 Å². The van der Waals surface area contributed by atoms with Crippen LogP contribution in [0.15, 0.2) is 78.9 Å². The van der Waals surface area contributed by atoms with Crippen molar-refractivity contribution in [3.8, 4) is 5.75 Å². The molecular formula is C30H36N2O3. The molecule has 0 aliphatic carbocycles. The van der Waals surface area contributed by atoms with Crippen LogP contribution >= 0.6 is 0 Å². The van der Waals surface area contributed by atoms with Gasteiger partial charge in [0.25, 0.3) is 5.91 Å². The number of ether oxygens (including phenoxy) is 1. The van der Waals surface area contributed by atoms with Crippen LogP contribution in [0.1, 0.15) is 42.0 Å². The first-order valence-electron chi connectivity index (χ1n) is 12.3. The molecule has 0 radical (unpaired) electrons. The number of benzene rings is 3. The molecule has 3 aromatic rings. The zero-order chi connectivity index (χ0) is 25.0. The first-order valence-corrected chi connectivity index (χ1v) is 12.3. The zero-order valence-corrected chi connectivity index (χ0v) is 21.0. The molecule has 3 aromatic carbocycles. The summed E-state index contributed by atoms with van der Waals surface area (Å²) < 4.78 is 5.95. The van der Waals surface area contributed by atoms with Gasteiger partial charge in [0.05, 0.1) is 0 Å². The van der Waals surface area contributed by atoms with Crippen molar-refractivity contribution < 1.29 is 14.3 Å². The number of carbonyl (C=O) groups is 2. The molecule has 184 valence electrons. The van der Waals surface area contributed by atoms with Gasteiger partial charge in [-0.25, -0.2) is 0 Å². The number of hydrogen-bond donors (Lipinski definition) is 1. The van der Waals surface area contributed by atoms with Gasteiger partial charge in [-0.1, -0.05) is 86.1 Å². The van der Waals surface area contributed by atoms with E-state index in [1.54, 1.807) is 4.90 Å². The SMILES string of the molecule is CCCCNC(=O)[C@H](Cc1ccccc1)N(Cc1ccccc1)C(=O)COc1cccc(C)c1C. The van der Waals surface area contributed by atoms with Crippen LogP contribution in [0.2, 0.25) is 0 Å². The second-order valence-corrected chi connectivity index (χ2v) is 8.84. The zero-order valence-electron chi connectivity index (χ0n) is 21.0. The van der Waals surface area contributed by atoms with Crippen molar-refractivity contribution in [3.05, 3.63) is 101 Å². The number of hydrogen-bond acceptors (Lipinski definition) is 3. The maximum atomic E-state index is 13.6. The molecule has 0 aliphatic rings. The Morgan fingerprint density at radius 1 is 0.886 bits per heavy atom. The maximum absolute atomic E-state index is 13.6. The molecule has 0 unspecified atom stereocenters. The smallest absolute Gasteiger partial charge is 0.261 e. The molecule has 0 saturated carbocycles. The van der Waals surface area contributed by atoms with E-state index in [-0.39, 0.29) is 18.4 Å². The topological polar surface area (TPSA) is 58.6 Å². The Hall–Kier alpha value is -3.60. The van der Waals surface area contributed by atoms with E-state index in [1.165, 1.54) is 0 Å². The summed E-state index contributed by atoms with van der Waals surface area (Å²) >= 11 is 0. The van der Waals surface area contributed by atoms with Gasteiger partial charge in [-0.3, -0.25) is 9.59 Å². The van der Waals surface area contributed by atoms with Crippen LogP contribution in [0.5, 0.6) is 5.75 Å². The molecule has 1 atom stereocenters. The highest BCUT2D eigenvalue weighted by Crippen LogP contribution is 2.21. The van der Waals surface area contributed by atoms with Crippen molar-refractivity contribution in [1.29, 1.82) is 0 Å². The van der Waals surface area contributed by atoms with Gasteiger partial charge in [-0.15, -0.1) is 0 Å². The van der Waals surface area contributed by atoms with Gasteiger partial charge in [0.15, 0.2) is 6.61 Å². The summed E-state index contributed by atoms with van der Waals surface area (Å²) in [6, 6.07) is 24.8. The molecule has 0 aliphatic heterocycles. The van der Waals surface area contributed by atoms with E-state index in [0.29, 0.717) is 25.3 Å². The normalized spacial score (nSPS) is 11.5. The van der Waals surface area contributed by atoms with Gasteiger partial charge >= 0.3 is 0 Å². The van der Waals surface area contributed by atoms with Crippen LogP contribution in [0, 0.1) is 13.8 Å². The average molecular weight is 473 g/mol. The molecule has 3 rings (SSSR count). The lowest BCUT2D eigenvalue weighted by Crippen LogP contribution is -2.51. The largest absolute Gasteiger partial charge is 0.483 e. The minimum atomic E-state index is -0.649. The Morgan fingerprint density at radius 2 is 1.54 bits per heavy atom. The quantitative estimate of drug-likeness (QED) is 0.367. The third kappa shape index (κ3) is 7.71. The number of rotatable bonds is 12. The van der Waals surface area contributed by atoms with Crippen LogP contribution in [-0.4, -0.2) is 35.9 Å². The van der Waals surface area contributed by atoms with Gasteiger partial charge in [0.1, 0.15) is 11.8 Å². The summed E-state index contributed by atoms with van der Waals surface area (Å²) in [5.41, 5.74) is 4.08. The molecule has 0 saturated heterocycles. The number of unbranched alkanes of at least 4 members (excludes halogenated alkanes) is 1. The summed E-state index contributed by atoms with van der Waals surface area (Å²) in [5.74, 6) is 0.324. The molecule has 0 bridgehead atoms. The van der Waals surface area contributed by atoms with Gasteiger partial charge in [0.2, 0.25) is 5.91 Å². The van der Waals surface area contributed by atoms with E-state index in [9.17, 15) is 9.59 Å². The molecule has 5 heteroatoms. The number of carbonyl (C=O) groups excluding carboxylic acids is 2. The minimum absolute atomic E-state index is 0.134. The van der Waals surface area contributed by atoms with Crippen molar-refractivity contribution in [1.82, 2.24) is 10.2 Å². The number of aryl methyl sites for hydroxylation is 1. The van der Waals surface area contributed by atoms with E-state index in [4.69, 9.17) is 4.74 Å². The maximum Gasteiger partial charge on any atom is 0.261 e. The third-order valence-corrected chi connectivity index (χ3v) is 6.20.